The molecule has 0 bridgehead atoms. The van der Waals surface area contributed by atoms with Crippen LogP contribution in [-0.4, -0.2) is 14.8 Å². The summed E-state index contributed by atoms with van der Waals surface area (Å²) in [7, 11) is 0. The molecule has 0 fully saturated rings. The molecule has 1 aromatic heterocycles. The Bertz CT molecular complexity index is 652. The Labute approximate surface area is 139 Å². The lowest BCUT2D eigenvalue weighted by atomic mass is 9.78. The van der Waals surface area contributed by atoms with Gasteiger partial charge in [0, 0.05) is 12.4 Å². The molecular formula is C19H29N3O. The van der Waals surface area contributed by atoms with Gasteiger partial charge in [0.1, 0.15) is 11.6 Å². The molecule has 2 rings (SSSR count). The second kappa shape index (κ2) is 5.91. The molecule has 126 valence electrons. The molecular weight excluding hydrogens is 286 g/mol. The van der Waals surface area contributed by atoms with Gasteiger partial charge in [-0.2, -0.15) is 0 Å². The Morgan fingerprint density at radius 1 is 1.04 bits per heavy atom. The van der Waals surface area contributed by atoms with Crippen LogP contribution in [0.1, 0.15) is 64.1 Å². The third-order valence-corrected chi connectivity index (χ3v) is 4.07. The maximum atomic E-state index is 10.7. The van der Waals surface area contributed by atoms with Gasteiger partial charge < -0.3 is 10.5 Å². The number of phenols is 1. The van der Waals surface area contributed by atoms with Crippen LogP contribution in [0, 0.1) is 6.92 Å². The molecule has 0 radical (unpaired) electrons. The monoisotopic (exact) mass is 315 g/mol. The van der Waals surface area contributed by atoms with Gasteiger partial charge in [-0.05, 0) is 46.6 Å². The highest BCUT2D eigenvalue weighted by molar-refractivity contribution is 5.50. The topological polar surface area (TPSA) is 50.1 Å². The number of hydrogen-bond donors (Lipinski definition) is 2. The van der Waals surface area contributed by atoms with Crippen molar-refractivity contribution >= 4 is 0 Å². The fourth-order valence-corrected chi connectivity index (χ4v) is 2.66. The fourth-order valence-electron chi connectivity index (χ4n) is 2.66. The van der Waals surface area contributed by atoms with Crippen LogP contribution in [0.4, 0.5) is 0 Å². The minimum Gasteiger partial charge on any atom is -0.507 e. The summed E-state index contributed by atoms with van der Waals surface area (Å²) in [6.07, 6.45) is 3.69. The molecule has 0 spiro atoms. The second-order valence-corrected chi connectivity index (χ2v) is 8.22. The van der Waals surface area contributed by atoms with Crippen molar-refractivity contribution in [2.75, 3.05) is 5.43 Å². The molecule has 0 aliphatic rings. The average Bonchev–Trinajstić information content (AvgIpc) is 2.80. The zero-order chi connectivity index (χ0) is 17.4. The van der Waals surface area contributed by atoms with E-state index >= 15 is 0 Å². The summed E-state index contributed by atoms with van der Waals surface area (Å²) in [5.41, 5.74) is 6.28. The molecule has 0 saturated heterocycles. The molecule has 4 heteroatoms. The van der Waals surface area contributed by atoms with Crippen molar-refractivity contribution in [1.29, 1.82) is 0 Å². The largest absolute Gasteiger partial charge is 0.507 e. The normalized spacial score (nSPS) is 12.5. The zero-order valence-electron chi connectivity index (χ0n) is 15.4. The minimum atomic E-state index is -0.106. The summed E-state index contributed by atoms with van der Waals surface area (Å²) < 4.78 is 1.92. The van der Waals surface area contributed by atoms with Crippen molar-refractivity contribution in [3.63, 3.8) is 0 Å². The molecule has 0 aliphatic carbocycles. The molecule has 23 heavy (non-hydrogen) atoms. The van der Waals surface area contributed by atoms with E-state index in [4.69, 9.17) is 0 Å². The first-order valence-electron chi connectivity index (χ1n) is 8.11. The van der Waals surface area contributed by atoms with Crippen molar-refractivity contribution in [1.82, 2.24) is 9.66 Å². The Kier molecular flexibility index (Phi) is 4.47. The van der Waals surface area contributed by atoms with E-state index in [1.807, 2.05) is 17.8 Å². The predicted molar refractivity (Wildman–Crippen MR) is 95.5 cm³/mol. The molecule has 1 aromatic carbocycles. The predicted octanol–water partition coefficient (Wildman–Crippen LogP) is 4.24. The summed E-state index contributed by atoms with van der Waals surface area (Å²) >= 11 is 0. The lowest BCUT2D eigenvalue weighted by Crippen LogP contribution is -2.20. The van der Waals surface area contributed by atoms with Crippen LogP contribution in [0.3, 0.4) is 0 Å². The van der Waals surface area contributed by atoms with Crippen molar-refractivity contribution in [3.05, 3.63) is 47.0 Å². The number of phenolic OH excluding ortho intramolecular Hbond substituents is 1. The van der Waals surface area contributed by atoms with Gasteiger partial charge in [-0.3, -0.25) is 4.68 Å². The second-order valence-electron chi connectivity index (χ2n) is 8.22. The van der Waals surface area contributed by atoms with E-state index < -0.39 is 0 Å². The first kappa shape index (κ1) is 17.4. The molecule has 1 heterocycles. The maximum Gasteiger partial charge on any atom is 0.124 e. The Morgan fingerprint density at radius 3 is 1.96 bits per heavy atom. The van der Waals surface area contributed by atoms with Gasteiger partial charge in [0.15, 0.2) is 0 Å². The van der Waals surface area contributed by atoms with E-state index in [1.165, 1.54) is 0 Å². The van der Waals surface area contributed by atoms with Crippen LogP contribution in [0.25, 0.3) is 0 Å². The van der Waals surface area contributed by atoms with Gasteiger partial charge >= 0.3 is 0 Å². The number of aryl methyl sites for hydroxylation is 1. The van der Waals surface area contributed by atoms with E-state index in [0.717, 1.165) is 22.5 Å². The highest BCUT2D eigenvalue weighted by atomic mass is 16.3. The zero-order valence-corrected chi connectivity index (χ0v) is 15.4. The third-order valence-electron chi connectivity index (χ3n) is 4.07. The summed E-state index contributed by atoms with van der Waals surface area (Å²) in [5.74, 6) is 1.35. The summed E-state index contributed by atoms with van der Waals surface area (Å²) in [5, 5.41) is 10.7. The van der Waals surface area contributed by atoms with Crippen LogP contribution in [0.15, 0.2) is 24.5 Å². The van der Waals surface area contributed by atoms with Crippen LogP contribution in [0.2, 0.25) is 0 Å². The highest BCUT2D eigenvalue weighted by Crippen LogP contribution is 2.39. The van der Waals surface area contributed by atoms with E-state index in [2.05, 4.69) is 64.1 Å². The maximum absolute atomic E-state index is 10.7. The van der Waals surface area contributed by atoms with Gasteiger partial charge in [0.25, 0.3) is 0 Å². The summed E-state index contributed by atoms with van der Waals surface area (Å²) in [6, 6.07) is 4.20. The Morgan fingerprint density at radius 2 is 1.57 bits per heavy atom. The van der Waals surface area contributed by atoms with Crippen LogP contribution in [0.5, 0.6) is 5.75 Å². The van der Waals surface area contributed by atoms with E-state index in [1.54, 1.807) is 6.20 Å². The highest BCUT2D eigenvalue weighted by Gasteiger charge is 2.26. The number of imidazole rings is 1. The van der Waals surface area contributed by atoms with Crippen molar-refractivity contribution in [2.45, 2.75) is 65.8 Å². The fraction of sp³-hybridized carbons (Fsp3) is 0.526. The molecule has 4 nitrogen and oxygen atoms in total. The van der Waals surface area contributed by atoms with Gasteiger partial charge in [0.2, 0.25) is 0 Å². The molecule has 2 aromatic rings. The Hall–Kier alpha value is -1.97. The van der Waals surface area contributed by atoms with Gasteiger partial charge in [-0.15, -0.1) is 0 Å². The quantitative estimate of drug-likeness (QED) is 0.891. The SMILES string of the molecule is Cc1nccn1NCc1cc(C(C)(C)C)c(O)c(C(C)(C)C)c1. The van der Waals surface area contributed by atoms with E-state index in [9.17, 15) is 5.11 Å². The van der Waals surface area contributed by atoms with Crippen LogP contribution in [-0.2, 0) is 17.4 Å². The lowest BCUT2D eigenvalue weighted by molar-refractivity contribution is 0.422. The first-order valence-corrected chi connectivity index (χ1v) is 8.11. The molecule has 2 N–H and O–H groups in total. The van der Waals surface area contributed by atoms with Crippen molar-refractivity contribution in [3.8, 4) is 5.75 Å². The number of nitrogens with one attached hydrogen (secondary N) is 1. The average molecular weight is 315 g/mol. The number of rotatable bonds is 3. The number of aromatic hydroxyl groups is 1. The molecule has 0 unspecified atom stereocenters. The molecule has 0 atom stereocenters. The van der Waals surface area contributed by atoms with Gasteiger partial charge in [0.05, 0.1) is 6.54 Å². The van der Waals surface area contributed by atoms with E-state index in [-0.39, 0.29) is 10.8 Å². The smallest absolute Gasteiger partial charge is 0.124 e. The third kappa shape index (κ3) is 3.87. The standard InChI is InChI=1S/C19H29N3O/c1-13-20-8-9-22(13)21-12-14-10-15(18(2,3)4)17(23)16(11-14)19(5,6)7/h8-11,21,23H,12H2,1-7H3. The van der Waals surface area contributed by atoms with Crippen LogP contribution < -0.4 is 5.43 Å². The van der Waals surface area contributed by atoms with Crippen molar-refractivity contribution in [2.24, 2.45) is 0 Å². The van der Waals surface area contributed by atoms with Gasteiger partial charge in [-0.25, -0.2) is 4.98 Å². The van der Waals surface area contributed by atoms with E-state index in [0.29, 0.717) is 12.3 Å². The summed E-state index contributed by atoms with van der Waals surface area (Å²) in [4.78, 5) is 4.22. The van der Waals surface area contributed by atoms with Crippen molar-refractivity contribution < 1.29 is 5.11 Å². The first-order chi connectivity index (χ1) is 10.5. The lowest BCUT2D eigenvalue weighted by Gasteiger charge is -2.28. The Balaban J connectivity index is 2.41. The number of nitrogens with zero attached hydrogens (tertiary/aromatic N) is 2. The molecule has 0 aliphatic heterocycles. The minimum absolute atomic E-state index is 0.106. The summed E-state index contributed by atoms with van der Waals surface area (Å²) in [6.45, 7) is 15.4. The number of aromatic nitrogens is 2. The number of benzene rings is 1. The van der Waals surface area contributed by atoms with Gasteiger partial charge in [-0.1, -0.05) is 41.5 Å². The number of hydrogen-bond acceptors (Lipinski definition) is 3. The van der Waals surface area contributed by atoms with Crippen LogP contribution >= 0.6 is 0 Å². The molecule has 0 saturated carbocycles. The molecule has 0 amide bonds.